The molecular formula is C12H11BrN4O2. The van der Waals surface area contributed by atoms with Crippen molar-refractivity contribution in [3.63, 3.8) is 0 Å². The maximum atomic E-state index is 12.0. The zero-order chi connectivity index (χ0) is 13.8. The molecule has 0 unspecified atom stereocenters. The highest BCUT2D eigenvalue weighted by Crippen LogP contribution is 2.28. The molecule has 1 heterocycles. The fourth-order valence-electron chi connectivity index (χ4n) is 1.45. The number of halogens is 1. The Hall–Kier alpha value is -2.15. The molecule has 0 aliphatic rings. The minimum absolute atomic E-state index is 0.141. The molecule has 0 fully saturated rings. The fraction of sp³-hybridized carbons (Fsp3) is 0.0833. The van der Waals surface area contributed by atoms with Gasteiger partial charge in [0, 0.05) is 4.47 Å². The molecule has 1 aromatic heterocycles. The van der Waals surface area contributed by atoms with E-state index in [-0.39, 0.29) is 11.5 Å². The second kappa shape index (κ2) is 5.66. The van der Waals surface area contributed by atoms with Gasteiger partial charge in [-0.05, 0) is 18.2 Å². The maximum Gasteiger partial charge on any atom is 0.276 e. The third kappa shape index (κ3) is 3.19. The highest BCUT2D eigenvalue weighted by molar-refractivity contribution is 9.10. The summed E-state index contributed by atoms with van der Waals surface area (Å²) >= 11 is 3.33. The van der Waals surface area contributed by atoms with Crippen molar-refractivity contribution in [2.75, 3.05) is 18.2 Å². The number of hydrogen-bond donors (Lipinski definition) is 2. The molecule has 3 N–H and O–H groups in total. The number of rotatable bonds is 3. The molecule has 2 rings (SSSR count). The van der Waals surface area contributed by atoms with Crippen LogP contribution < -0.4 is 15.8 Å². The van der Waals surface area contributed by atoms with Crippen LogP contribution in [0.15, 0.2) is 35.1 Å². The van der Waals surface area contributed by atoms with Crippen LogP contribution in [-0.4, -0.2) is 23.0 Å². The van der Waals surface area contributed by atoms with Gasteiger partial charge < -0.3 is 15.8 Å². The van der Waals surface area contributed by atoms with Gasteiger partial charge in [0.25, 0.3) is 5.91 Å². The van der Waals surface area contributed by atoms with E-state index >= 15 is 0 Å². The standard InChI is InChI=1S/C12H11BrN4O2/c1-19-10-3-2-7(13)4-8(10)17-12(18)9-5-15-6-11(14)16-9/h2-6H,1H3,(H2,14,16)(H,17,18). The number of carbonyl (C=O) groups excluding carboxylic acids is 1. The highest BCUT2D eigenvalue weighted by Gasteiger charge is 2.12. The van der Waals surface area contributed by atoms with E-state index in [0.717, 1.165) is 4.47 Å². The number of amides is 1. The lowest BCUT2D eigenvalue weighted by Gasteiger charge is -2.10. The Kier molecular flexibility index (Phi) is 3.96. The van der Waals surface area contributed by atoms with Gasteiger partial charge in [0.2, 0.25) is 0 Å². The van der Waals surface area contributed by atoms with E-state index in [1.807, 2.05) is 6.07 Å². The number of nitrogens with one attached hydrogen (secondary N) is 1. The molecular weight excluding hydrogens is 312 g/mol. The largest absolute Gasteiger partial charge is 0.495 e. The van der Waals surface area contributed by atoms with Crippen molar-refractivity contribution in [1.82, 2.24) is 9.97 Å². The molecule has 0 saturated heterocycles. The van der Waals surface area contributed by atoms with Crippen molar-refractivity contribution in [3.8, 4) is 5.75 Å². The number of carbonyl (C=O) groups is 1. The van der Waals surface area contributed by atoms with E-state index in [2.05, 4.69) is 31.2 Å². The lowest BCUT2D eigenvalue weighted by Crippen LogP contribution is -2.15. The molecule has 0 radical (unpaired) electrons. The van der Waals surface area contributed by atoms with Gasteiger partial charge in [0.1, 0.15) is 17.3 Å². The smallest absolute Gasteiger partial charge is 0.276 e. The first kappa shape index (κ1) is 13.3. The van der Waals surface area contributed by atoms with Gasteiger partial charge >= 0.3 is 0 Å². The Labute approximate surface area is 118 Å². The van der Waals surface area contributed by atoms with Gasteiger partial charge in [0.15, 0.2) is 0 Å². The molecule has 1 aromatic carbocycles. The number of nitrogens with zero attached hydrogens (tertiary/aromatic N) is 2. The first-order chi connectivity index (χ1) is 9.10. The normalized spacial score (nSPS) is 10.0. The van der Waals surface area contributed by atoms with E-state index in [1.54, 1.807) is 12.1 Å². The van der Waals surface area contributed by atoms with E-state index in [9.17, 15) is 4.79 Å². The minimum atomic E-state index is -0.406. The topological polar surface area (TPSA) is 90.1 Å². The van der Waals surface area contributed by atoms with Gasteiger partial charge in [-0.25, -0.2) is 4.98 Å². The van der Waals surface area contributed by atoms with Crippen LogP contribution in [0, 0.1) is 0 Å². The van der Waals surface area contributed by atoms with Crippen molar-refractivity contribution < 1.29 is 9.53 Å². The van der Waals surface area contributed by atoms with Gasteiger partial charge in [0.05, 0.1) is 25.2 Å². The molecule has 0 saturated carbocycles. The van der Waals surface area contributed by atoms with Crippen LogP contribution in [0.3, 0.4) is 0 Å². The van der Waals surface area contributed by atoms with Gasteiger partial charge in [-0.3, -0.25) is 9.78 Å². The monoisotopic (exact) mass is 322 g/mol. The van der Waals surface area contributed by atoms with Crippen molar-refractivity contribution in [3.05, 3.63) is 40.8 Å². The summed E-state index contributed by atoms with van der Waals surface area (Å²) in [6.07, 6.45) is 2.71. The van der Waals surface area contributed by atoms with Gasteiger partial charge in [-0.1, -0.05) is 15.9 Å². The summed E-state index contributed by atoms with van der Waals surface area (Å²) in [5, 5.41) is 2.69. The summed E-state index contributed by atoms with van der Waals surface area (Å²) in [4.78, 5) is 19.7. The molecule has 1 amide bonds. The molecule has 6 nitrogen and oxygen atoms in total. The average molecular weight is 323 g/mol. The fourth-order valence-corrected chi connectivity index (χ4v) is 1.82. The summed E-state index contributed by atoms with van der Waals surface area (Å²) in [5.74, 6) is 0.332. The highest BCUT2D eigenvalue weighted by atomic mass is 79.9. The van der Waals surface area contributed by atoms with E-state index in [0.29, 0.717) is 11.4 Å². The Balaban J connectivity index is 2.26. The first-order valence-corrected chi connectivity index (χ1v) is 6.12. The van der Waals surface area contributed by atoms with Gasteiger partial charge in [-0.2, -0.15) is 0 Å². The summed E-state index contributed by atoms with van der Waals surface area (Å²) in [5.41, 5.74) is 6.16. The van der Waals surface area contributed by atoms with Crippen LogP contribution in [-0.2, 0) is 0 Å². The lowest BCUT2D eigenvalue weighted by atomic mass is 10.3. The summed E-state index contributed by atoms with van der Waals surface area (Å²) in [6.45, 7) is 0. The Morgan fingerprint density at radius 3 is 2.89 bits per heavy atom. The van der Waals surface area contributed by atoms with Crippen molar-refractivity contribution >= 4 is 33.3 Å². The summed E-state index contributed by atoms with van der Waals surface area (Å²) in [6, 6.07) is 5.29. The Morgan fingerprint density at radius 2 is 2.21 bits per heavy atom. The average Bonchev–Trinajstić information content (AvgIpc) is 2.39. The predicted molar refractivity (Wildman–Crippen MR) is 75.1 cm³/mol. The molecule has 0 spiro atoms. The van der Waals surface area contributed by atoms with Crippen LogP contribution in [0.5, 0.6) is 5.75 Å². The molecule has 0 aliphatic heterocycles. The van der Waals surface area contributed by atoms with Crippen LogP contribution in [0.4, 0.5) is 11.5 Å². The predicted octanol–water partition coefficient (Wildman–Crippen LogP) is 2.08. The van der Waals surface area contributed by atoms with Crippen LogP contribution in [0.25, 0.3) is 0 Å². The summed E-state index contributed by atoms with van der Waals surface area (Å²) < 4.78 is 5.99. The molecule has 98 valence electrons. The third-order valence-corrected chi connectivity index (χ3v) is 2.79. The molecule has 0 atom stereocenters. The molecule has 7 heteroatoms. The Morgan fingerprint density at radius 1 is 1.42 bits per heavy atom. The zero-order valence-electron chi connectivity index (χ0n) is 10.1. The molecule has 0 bridgehead atoms. The summed E-state index contributed by atoms with van der Waals surface area (Å²) in [7, 11) is 1.53. The minimum Gasteiger partial charge on any atom is -0.495 e. The quantitative estimate of drug-likeness (QED) is 0.902. The molecule has 2 aromatic rings. The van der Waals surface area contributed by atoms with E-state index < -0.39 is 5.91 Å². The number of aromatic nitrogens is 2. The number of hydrogen-bond acceptors (Lipinski definition) is 5. The number of anilines is 2. The lowest BCUT2D eigenvalue weighted by molar-refractivity contribution is 0.102. The number of nitrogen functional groups attached to an aromatic ring is 1. The van der Waals surface area contributed by atoms with Crippen LogP contribution in [0.1, 0.15) is 10.5 Å². The SMILES string of the molecule is COc1ccc(Br)cc1NC(=O)c1cncc(N)n1. The van der Waals surface area contributed by atoms with Crippen LogP contribution >= 0.6 is 15.9 Å². The number of ether oxygens (including phenoxy) is 1. The van der Waals surface area contributed by atoms with Crippen molar-refractivity contribution in [2.45, 2.75) is 0 Å². The van der Waals surface area contributed by atoms with Crippen molar-refractivity contribution in [1.29, 1.82) is 0 Å². The number of methoxy groups -OCH3 is 1. The Bertz CT molecular complexity index is 618. The number of benzene rings is 1. The zero-order valence-corrected chi connectivity index (χ0v) is 11.6. The number of nitrogens with two attached hydrogens (primary N) is 1. The van der Waals surface area contributed by atoms with Gasteiger partial charge in [-0.15, -0.1) is 0 Å². The van der Waals surface area contributed by atoms with Crippen molar-refractivity contribution in [2.24, 2.45) is 0 Å². The molecule has 19 heavy (non-hydrogen) atoms. The first-order valence-electron chi connectivity index (χ1n) is 5.32. The van der Waals surface area contributed by atoms with E-state index in [1.165, 1.54) is 19.5 Å². The third-order valence-electron chi connectivity index (χ3n) is 2.30. The maximum absolute atomic E-state index is 12.0. The second-order valence-corrected chi connectivity index (χ2v) is 4.54. The van der Waals surface area contributed by atoms with Crippen LogP contribution in [0.2, 0.25) is 0 Å². The molecule has 0 aliphatic carbocycles. The second-order valence-electron chi connectivity index (χ2n) is 3.63. The van der Waals surface area contributed by atoms with E-state index in [4.69, 9.17) is 10.5 Å².